The molecule has 3 heterocycles. The zero-order chi connectivity index (χ0) is 21.8. The molecule has 31 heavy (non-hydrogen) atoms. The summed E-state index contributed by atoms with van der Waals surface area (Å²) in [5, 5.41) is 6.79. The second kappa shape index (κ2) is 9.77. The second-order valence-electron chi connectivity index (χ2n) is 8.38. The molecule has 0 bridgehead atoms. The van der Waals surface area contributed by atoms with E-state index in [2.05, 4.69) is 50.2 Å². The highest BCUT2D eigenvalue weighted by atomic mass is 35.5. The van der Waals surface area contributed by atoms with Crippen LogP contribution in [-0.4, -0.2) is 59.1 Å². The fourth-order valence-electron chi connectivity index (χ4n) is 3.99. The third-order valence-electron chi connectivity index (χ3n) is 5.71. The summed E-state index contributed by atoms with van der Waals surface area (Å²) in [6.45, 7) is 3.61. The van der Waals surface area contributed by atoms with Gasteiger partial charge >= 0.3 is 0 Å². The van der Waals surface area contributed by atoms with E-state index in [1.165, 1.54) is 0 Å². The van der Waals surface area contributed by atoms with Crippen LogP contribution in [0.15, 0.2) is 36.8 Å². The first-order valence-electron chi connectivity index (χ1n) is 10.8. The van der Waals surface area contributed by atoms with Gasteiger partial charge in [0.25, 0.3) is 0 Å². The van der Waals surface area contributed by atoms with Gasteiger partial charge in [-0.25, -0.2) is 9.97 Å². The number of aromatic nitrogens is 3. The van der Waals surface area contributed by atoms with E-state index in [-0.39, 0.29) is 11.8 Å². The topological polar surface area (TPSA) is 75.1 Å². The quantitative estimate of drug-likeness (QED) is 0.586. The van der Waals surface area contributed by atoms with Gasteiger partial charge < -0.3 is 20.1 Å². The molecule has 0 radical (unpaired) electrons. The van der Waals surface area contributed by atoms with Gasteiger partial charge in [-0.05, 0) is 70.2 Å². The van der Waals surface area contributed by atoms with E-state index in [4.69, 9.17) is 11.6 Å². The summed E-state index contributed by atoms with van der Waals surface area (Å²) in [4.78, 5) is 23.6. The van der Waals surface area contributed by atoms with Crippen LogP contribution in [0, 0.1) is 5.92 Å². The number of rotatable bonds is 7. The summed E-state index contributed by atoms with van der Waals surface area (Å²) in [7, 11) is 4.16. The van der Waals surface area contributed by atoms with Gasteiger partial charge in [0, 0.05) is 24.8 Å². The van der Waals surface area contributed by atoms with Gasteiger partial charge in [0.05, 0.1) is 28.3 Å². The number of carbonyl (C=O) groups excluding carboxylic acids is 1. The van der Waals surface area contributed by atoms with Crippen molar-refractivity contribution in [2.75, 3.05) is 39.0 Å². The molecule has 1 aromatic carbocycles. The molecule has 0 saturated carbocycles. The molecule has 1 atom stereocenters. The molecule has 1 fully saturated rings. The van der Waals surface area contributed by atoms with Gasteiger partial charge in [0.1, 0.15) is 5.82 Å². The van der Waals surface area contributed by atoms with Gasteiger partial charge in [-0.3, -0.25) is 4.79 Å². The molecule has 1 amide bonds. The third-order valence-corrected chi connectivity index (χ3v) is 6.01. The van der Waals surface area contributed by atoms with Crippen LogP contribution >= 0.6 is 11.6 Å². The zero-order valence-corrected chi connectivity index (χ0v) is 18.8. The number of halogens is 1. The highest BCUT2D eigenvalue weighted by Gasteiger charge is 2.21. The minimum atomic E-state index is -0.0254. The number of anilines is 1. The number of aryl methyl sites for hydroxylation is 1. The molecule has 0 aliphatic carbocycles. The molecule has 1 aliphatic heterocycles. The number of pyridine rings is 1. The lowest BCUT2D eigenvalue weighted by atomic mass is 9.99. The van der Waals surface area contributed by atoms with E-state index < -0.39 is 0 Å². The van der Waals surface area contributed by atoms with E-state index in [9.17, 15) is 4.79 Å². The van der Waals surface area contributed by atoms with E-state index in [1.54, 1.807) is 6.20 Å². The number of imidazole rings is 1. The molecule has 2 N–H and O–H groups in total. The van der Waals surface area contributed by atoms with Gasteiger partial charge in [0.15, 0.2) is 0 Å². The van der Waals surface area contributed by atoms with Crippen LogP contribution in [-0.2, 0) is 11.3 Å². The average Bonchev–Trinajstić information content (AvgIpc) is 3.17. The number of nitrogens with one attached hydrogen (secondary N) is 2. The molecule has 0 spiro atoms. The van der Waals surface area contributed by atoms with Gasteiger partial charge in [-0.15, -0.1) is 0 Å². The number of carbonyl (C=O) groups is 1. The van der Waals surface area contributed by atoms with Crippen molar-refractivity contribution < 1.29 is 4.79 Å². The number of hydrogen-bond acceptors (Lipinski definition) is 5. The third kappa shape index (κ3) is 5.23. The predicted molar refractivity (Wildman–Crippen MR) is 125 cm³/mol. The molecule has 3 aromatic rings. The number of amides is 1. The maximum Gasteiger partial charge on any atom is 0.229 e. The number of hydrogen-bond donors (Lipinski definition) is 2. The van der Waals surface area contributed by atoms with Crippen molar-refractivity contribution in [2.24, 2.45) is 5.92 Å². The Morgan fingerprint density at radius 1 is 1.32 bits per heavy atom. The Labute approximate surface area is 187 Å². The first-order chi connectivity index (χ1) is 15.0. The SMILES string of the molecule is CN(C)CCCn1cnc2ccc(-c3cc(NC(=O)C4CCCNC4)ncc3Cl)cc21. The lowest BCUT2D eigenvalue weighted by molar-refractivity contribution is -0.120. The summed E-state index contributed by atoms with van der Waals surface area (Å²) in [5.74, 6) is 0.500. The molecule has 164 valence electrons. The Hall–Kier alpha value is -2.48. The Morgan fingerprint density at radius 2 is 2.19 bits per heavy atom. The van der Waals surface area contributed by atoms with Crippen LogP contribution in [0.3, 0.4) is 0 Å². The van der Waals surface area contributed by atoms with Gasteiger partial charge in [-0.1, -0.05) is 17.7 Å². The first-order valence-corrected chi connectivity index (χ1v) is 11.2. The molecule has 2 aromatic heterocycles. The van der Waals surface area contributed by atoms with E-state index in [1.807, 2.05) is 24.5 Å². The highest BCUT2D eigenvalue weighted by Crippen LogP contribution is 2.31. The summed E-state index contributed by atoms with van der Waals surface area (Å²) in [6, 6.07) is 7.98. The monoisotopic (exact) mass is 440 g/mol. The fraction of sp³-hybridized carbons (Fsp3) is 0.435. The fourth-order valence-corrected chi connectivity index (χ4v) is 4.20. The van der Waals surface area contributed by atoms with Gasteiger partial charge in [-0.2, -0.15) is 0 Å². The number of benzene rings is 1. The van der Waals surface area contributed by atoms with Crippen LogP contribution in [0.25, 0.3) is 22.2 Å². The minimum absolute atomic E-state index is 0.00222. The van der Waals surface area contributed by atoms with Gasteiger partial charge in [0.2, 0.25) is 5.91 Å². The maximum absolute atomic E-state index is 12.6. The molecular weight excluding hydrogens is 412 g/mol. The van der Waals surface area contributed by atoms with Crippen LogP contribution < -0.4 is 10.6 Å². The smallest absolute Gasteiger partial charge is 0.229 e. The van der Waals surface area contributed by atoms with Crippen molar-refractivity contribution in [1.82, 2.24) is 24.8 Å². The molecule has 8 heteroatoms. The second-order valence-corrected chi connectivity index (χ2v) is 8.79. The van der Waals surface area contributed by atoms with E-state index in [0.717, 1.165) is 61.1 Å². The Morgan fingerprint density at radius 3 is 2.97 bits per heavy atom. The molecule has 1 saturated heterocycles. The van der Waals surface area contributed by atoms with Crippen molar-refractivity contribution in [3.05, 3.63) is 41.8 Å². The summed E-state index contributed by atoms with van der Waals surface area (Å²) in [5.41, 5.74) is 3.85. The van der Waals surface area contributed by atoms with Crippen molar-refractivity contribution in [1.29, 1.82) is 0 Å². The Bertz CT molecular complexity index is 1060. The number of fused-ring (bicyclic) bond motifs is 1. The largest absolute Gasteiger partial charge is 0.331 e. The van der Waals surface area contributed by atoms with Crippen molar-refractivity contribution >= 4 is 34.4 Å². The van der Waals surface area contributed by atoms with Crippen molar-refractivity contribution in [2.45, 2.75) is 25.8 Å². The lowest BCUT2D eigenvalue weighted by Crippen LogP contribution is -2.37. The molecule has 7 nitrogen and oxygen atoms in total. The standard InChI is InChI=1S/C23H29ClN6O/c1-29(2)9-4-10-30-15-27-20-7-6-16(11-21(20)30)18-12-22(26-14-19(18)24)28-23(31)17-5-3-8-25-13-17/h6-7,11-12,14-15,17,25H,3-5,8-10,13H2,1-2H3,(H,26,28,31). The van der Waals surface area contributed by atoms with Crippen LogP contribution in [0.1, 0.15) is 19.3 Å². The molecular formula is C23H29ClN6O. The highest BCUT2D eigenvalue weighted by molar-refractivity contribution is 6.33. The predicted octanol–water partition coefficient (Wildman–Crippen LogP) is 3.64. The Balaban J connectivity index is 1.56. The maximum atomic E-state index is 12.6. The average molecular weight is 441 g/mol. The van der Waals surface area contributed by atoms with Crippen LogP contribution in [0.4, 0.5) is 5.82 Å². The van der Waals surface area contributed by atoms with E-state index in [0.29, 0.717) is 17.4 Å². The van der Waals surface area contributed by atoms with Crippen molar-refractivity contribution in [3.63, 3.8) is 0 Å². The van der Waals surface area contributed by atoms with Crippen molar-refractivity contribution in [3.8, 4) is 11.1 Å². The van der Waals surface area contributed by atoms with E-state index >= 15 is 0 Å². The van der Waals surface area contributed by atoms with Crippen LogP contribution in [0.2, 0.25) is 5.02 Å². The zero-order valence-electron chi connectivity index (χ0n) is 18.1. The summed E-state index contributed by atoms with van der Waals surface area (Å²) in [6.07, 6.45) is 6.45. The summed E-state index contributed by atoms with van der Waals surface area (Å²) >= 11 is 6.49. The first kappa shape index (κ1) is 21.7. The summed E-state index contributed by atoms with van der Waals surface area (Å²) < 4.78 is 2.18. The van der Waals surface area contributed by atoms with Crippen LogP contribution in [0.5, 0.6) is 0 Å². The molecule has 1 unspecified atom stereocenters. The minimum Gasteiger partial charge on any atom is -0.331 e. The number of piperidine rings is 1. The molecule has 1 aliphatic rings. The lowest BCUT2D eigenvalue weighted by Gasteiger charge is -2.21. The normalized spacial score (nSPS) is 16.7. The Kier molecular flexibility index (Phi) is 6.85. The number of nitrogens with zero attached hydrogens (tertiary/aromatic N) is 4. The molecule has 4 rings (SSSR count).